The molecule has 0 aliphatic heterocycles. The van der Waals surface area contributed by atoms with Crippen LogP contribution in [0, 0.1) is 13.8 Å². The molecular formula is C49H32F6N4. The van der Waals surface area contributed by atoms with Crippen molar-refractivity contribution in [2.24, 2.45) is 0 Å². The number of fused-ring (bicyclic) bond motifs is 3. The van der Waals surface area contributed by atoms with Gasteiger partial charge in [-0.05, 0) is 78.6 Å². The van der Waals surface area contributed by atoms with E-state index in [9.17, 15) is 26.3 Å². The Hall–Kier alpha value is -7.07. The first-order chi connectivity index (χ1) is 28.3. The summed E-state index contributed by atoms with van der Waals surface area (Å²) in [6, 6.07) is 45.3. The third kappa shape index (κ3) is 7.11. The zero-order valence-electron chi connectivity index (χ0n) is 31.6. The highest BCUT2D eigenvalue weighted by atomic mass is 19.4. The molecule has 9 rings (SSSR count). The first-order valence-corrected chi connectivity index (χ1v) is 18.7. The van der Waals surface area contributed by atoms with Gasteiger partial charge < -0.3 is 4.57 Å². The van der Waals surface area contributed by atoms with Crippen molar-refractivity contribution in [3.05, 3.63) is 180 Å². The lowest BCUT2D eigenvalue weighted by Crippen LogP contribution is -2.12. The Balaban J connectivity index is 1.36. The number of nitrogens with zero attached hydrogens (tertiary/aromatic N) is 4. The van der Waals surface area contributed by atoms with Crippen molar-refractivity contribution in [1.29, 1.82) is 0 Å². The quantitative estimate of drug-likeness (QED) is 0.158. The summed E-state index contributed by atoms with van der Waals surface area (Å²) in [6.07, 6.45) is -10.1. The minimum atomic E-state index is -5.09. The van der Waals surface area contributed by atoms with E-state index in [0.29, 0.717) is 29.0 Å². The first-order valence-electron chi connectivity index (χ1n) is 18.7. The molecule has 59 heavy (non-hydrogen) atoms. The van der Waals surface area contributed by atoms with Crippen LogP contribution < -0.4 is 0 Å². The lowest BCUT2D eigenvalue weighted by atomic mass is 9.95. The summed E-state index contributed by atoms with van der Waals surface area (Å²) in [7, 11) is 0. The molecule has 0 unspecified atom stereocenters. The molecule has 0 bridgehead atoms. The van der Waals surface area contributed by atoms with E-state index >= 15 is 0 Å². The predicted octanol–water partition coefficient (Wildman–Crippen LogP) is 14.0. The molecule has 7 aromatic carbocycles. The highest BCUT2D eigenvalue weighted by Gasteiger charge is 2.38. The van der Waals surface area contributed by atoms with Gasteiger partial charge in [-0.3, -0.25) is 0 Å². The SMILES string of the molecule is Cc1cc(C)cc(-c2ccc3c(c2)c2ccccc2n3-c2cc(-c3ccc(C(F)(F)F)cc3C(F)(F)F)ccc2-c2nc(-c3ccccc3)nc(-c3ccccc3)n2)c1. The average molecular weight is 791 g/mol. The van der Waals surface area contributed by atoms with E-state index in [1.165, 1.54) is 6.07 Å². The Morgan fingerprint density at radius 2 is 0.966 bits per heavy atom. The zero-order chi connectivity index (χ0) is 41.1. The van der Waals surface area contributed by atoms with Crippen LogP contribution in [0.4, 0.5) is 26.3 Å². The molecule has 0 atom stereocenters. The third-order valence-corrected chi connectivity index (χ3v) is 10.4. The lowest BCUT2D eigenvalue weighted by molar-refractivity contribution is -0.142. The molecule has 0 amide bonds. The number of aryl methyl sites for hydroxylation is 2. The predicted molar refractivity (Wildman–Crippen MR) is 221 cm³/mol. The van der Waals surface area contributed by atoms with E-state index < -0.39 is 29.0 Å². The normalized spacial score (nSPS) is 12.1. The molecule has 290 valence electrons. The summed E-state index contributed by atoms with van der Waals surface area (Å²) in [6.45, 7) is 4.09. The summed E-state index contributed by atoms with van der Waals surface area (Å²) in [5.41, 5.74) is 4.97. The van der Waals surface area contributed by atoms with E-state index in [2.05, 4.69) is 24.3 Å². The van der Waals surface area contributed by atoms with E-state index in [0.717, 1.165) is 61.3 Å². The van der Waals surface area contributed by atoms with E-state index in [1.807, 2.05) is 115 Å². The number of hydrogen-bond donors (Lipinski definition) is 0. The number of alkyl halides is 6. The minimum Gasteiger partial charge on any atom is -0.308 e. The Morgan fingerprint density at radius 1 is 0.407 bits per heavy atom. The molecule has 0 aliphatic carbocycles. The fourth-order valence-corrected chi connectivity index (χ4v) is 7.76. The van der Waals surface area contributed by atoms with Crippen LogP contribution in [0.3, 0.4) is 0 Å². The van der Waals surface area contributed by atoms with Gasteiger partial charge in [-0.25, -0.2) is 15.0 Å². The van der Waals surface area contributed by atoms with Crippen LogP contribution in [0.5, 0.6) is 0 Å². The van der Waals surface area contributed by atoms with E-state index in [1.54, 1.807) is 12.1 Å². The maximum atomic E-state index is 14.7. The Morgan fingerprint density at radius 3 is 1.59 bits per heavy atom. The van der Waals surface area contributed by atoms with Crippen molar-refractivity contribution in [1.82, 2.24) is 19.5 Å². The Labute approximate surface area is 335 Å². The largest absolute Gasteiger partial charge is 0.417 e. The second kappa shape index (κ2) is 14.4. The van der Waals surface area contributed by atoms with Gasteiger partial charge in [0.15, 0.2) is 17.5 Å². The topological polar surface area (TPSA) is 43.6 Å². The van der Waals surface area contributed by atoms with Crippen LogP contribution >= 0.6 is 0 Å². The van der Waals surface area contributed by atoms with Gasteiger partial charge in [0, 0.05) is 27.5 Å². The summed E-state index contributed by atoms with van der Waals surface area (Å²) >= 11 is 0. The number of benzene rings is 7. The molecule has 0 fully saturated rings. The minimum absolute atomic E-state index is 0.0585. The summed E-state index contributed by atoms with van der Waals surface area (Å²) < 4.78 is 87.3. The summed E-state index contributed by atoms with van der Waals surface area (Å²) in [5.74, 6) is 1.01. The third-order valence-electron chi connectivity index (χ3n) is 10.4. The molecule has 0 saturated carbocycles. The van der Waals surface area contributed by atoms with Crippen molar-refractivity contribution in [2.45, 2.75) is 26.2 Å². The van der Waals surface area contributed by atoms with E-state index in [4.69, 9.17) is 15.0 Å². The van der Waals surface area contributed by atoms with Crippen molar-refractivity contribution in [2.75, 3.05) is 0 Å². The summed E-state index contributed by atoms with van der Waals surface area (Å²) in [4.78, 5) is 14.7. The maximum Gasteiger partial charge on any atom is 0.417 e. The van der Waals surface area contributed by atoms with Crippen LogP contribution in [-0.2, 0) is 12.4 Å². The van der Waals surface area contributed by atoms with Gasteiger partial charge in [0.1, 0.15) is 0 Å². The van der Waals surface area contributed by atoms with Crippen LogP contribution in [0.15, 0.2) is 158 Å². The van der Waals surface area contributed by atoms with Crippen LogP contribution in [0.25, 0.3) is 83.9 Å². The molecular weight excluding hydrogens is 759 g/mol. The van der Waals surface area contributed by atoms with Gasteiger partial charge in [0.25, 0.3) is 0 Å². The number of para-hydroxylation sites is 1. The van der Waals surface area contributed by atoms with Gasteiger partial charge in [-0.2, -0.15) is 26.3 Å². The molecule has 0 saturated heterocycles. The van der Waals surface area contributed by atoms with Gasteiger partial charge in [0.05, 0.1) is 27.8 Å². The Bertz CT molecular complexity index is 2960. The summed E-state index contributed by atoms with van der Waals surface area (Å²) in [5, 5.41) is 1.78. The second-order valence-corrected chi connectivity index (χ2v) is 14.5. The highest BCUT2D eigenvalue weighted by Crippen LogP contribution is 2.44. The average Bonchev–Trinajstić information content (AvgIpc) is 3.56. The van der Waals surface area contributed by atoms with Crippen LogP contribution in [0.1, 0.15) is 22.3 Å². The fraction of sp³-hybridized carbons (Fsp3) is 0.0816. The molecule has 4 nitrogen and oxygen atoms in total. The number of halogens is 6. The molecule has 0 aliphatic rings. The van der Waals surface area contributed by atoms with Crippen LogP contribution in [0.2, 0.25) is 0 Å². The van der Waals surface area contributed by atoms with Crippen molar-refractivity contribution in [3.8, 4) is 62.1 Å². The highest BCUT2D eigenvalue weighted by molar-refractivity contribution is 6.11. The van der Waals surface area contributed by atoms with Gasteiger partial charge in [-0.1, -0.05) is 126 Å². The van der Waals surface area contributed by atoms with Crippen LogP contribution in [-0.4, -0.2) is 19.5 Å². The zero-order valence-corrected chi connectivity index (χ0v) is 31.6. The molecule has 9 aromatic rings. The molecule has 10 heteroatoms. The first kappa shape index (κ1) is 37.5. The number of rotatable bonds is 6. The second-order valence-electron chi connectivity index (χ2n) is 14.5. The van der Waals surface area contributed by atoms with Gasteiger partial charge in [0.2, 0.25) is 0 Å². The molecule has 0 N–H and O–H groups in total. The van der Waals surface area contributed by atoms with E-state index in [-0.39, 0.29) is 17.5 Å². The molecule has 2 heterocycles. The monoisotopic (exact) mass is 790 g/mol. The maximum absolute atomic E-state index is 14.7. The Kier molecular flexibility index (Phi) is 9.15. The van der Waals surface area contributed by atoms with Crippen molar-refractivity contribution < 1.29 is 26.3 Å². The number of aromatic nitrogens is 4. The lowest BCUT2D eigenvalue weighted by Gasteiger charge is -2.19. The van der Waals surface area contributed by atoms with Crippen molar-refractivity contribution >= 4 is 21.8 Å². The van der Waals surface area contributed by atoms with Gasteiger partial charge >= 0.3 is 12.4 Å². The number of hydrogen-bond acceptors (Lipinski definition) is 3. The standard InChI is InChI=1S/C49H32F6N4/c1-29-23-30(2)25-35(24-29)33-18-22-43-40(26-33)38-15-9-10-16-42(38)59(43)44-27-34(37-21-19-36(48(50,51)52)28-41(37)49(53,54)55)17-20-39(44)47-57-45(31-11-5-3-6-12-31)56-46(58-47)32-13-7-4-8-14-32/h3-28H,1-2H3. The van der Waals surface area contributed by atoms with Crippen molar-refractivity contribution in [3.63, 3.8) is 0 Å². The molecule has 0 spiro atoms. The smallest absolute Gasteiger partial charge is 0.308 e. The molecule has 0 radical (unpaired) electrons. The van der Waals surface area contributed by atoms with Gasteiger partial charge in [-0.15, -0.1) is 0 Å². The fourth-order valence-electron chi connectivity index (χ4n) is 7.76. The molecule has 2 aromatic heterocycles.